The zero-order chi connectivity index (χ0) is 19.8. The number of fused-ring (bicyclic) bond motifs is 1. The van der Waals surface area contributed by atoms with Gasteiger partial charge in [-0.2, -0.15) is 14.6 Å². The maximum Gasteiger partial charge on any atom is 0.296 e. The number of nitrogens with zero attached hydrogens (tertiary/aromatic N) is 3. The fourth-order valence-corrected chi connectivity index (χ4v) is 3.96. The minimum Gasteiger partial charge on any atom is -0.266 e. The second-order valence-electron chi connectivity index (χ2n) is 5.88. The molecule has 0 radical (unpaired) electrons. The van der Waals surface area contributed by atoms with Crippen molar-refractivity contribution in [3.05, 3.63) is 100 Å². The van der Waals surface area contributed by atoms with Crippen LogP contribution in [0, 0.1) is 5.82 Å². The van der Waals surface area contributed by atoms with Gasteiger partial charge in [0.2, 0.25) is 4.96 Å². The molecule has 0 amide bonds. The van der Waals surface area contributed by atoms with Gasteiger partial charge >= 0.3 is 0 Å². The average molecular weight is 434 g/mol. The summed E-state index contributed by atoms with van der Waals surface area (Å²) in [6.45, 7) is 0. The molecule has 2 aromatic carbocycles. The Morgan fingerprint density at radius 2 is 1.82 bits per heavy atom. The number of halogens is 3. The number of benzene rings is 2. The maximum absolute atomic E-state index is 14.0. The Bertz CT molecular complexity index is 1360. The summed E-state index contributed by atoms with van der Waals surface area (Å²) < 4.78 is 15.2. The van der Waals surface area contributed by atoms with E-state index in [9.17, 15) is 14.0 Å². The fourth-order valence-electron chi connectivity index (χ4n) is 2.65. The van der Waals surface area contributed by atoms with Crippen LogP contribution < -0.4 is 15.7 Å². The number of rotatable bonds is 3. The Balaban J connectivity index is 1.87. The summed E-state index contributed by atoms with van der Waals surface area (Å²) >= 11 is 13.1. The van der Waals surface area contributed by atoms with Gasteiger partial charge in [0, 0.05) is 17.0 Å². The summed E-state index contributed by atoms with van der Waals surface area (Å²) in [6.07, 6.45) is 1.47. The SMILES string of the molecule is O=c1nc2s/c(=C\c3c(F)cccc3Cl)c(=O)n2nc1Cc1ccccc1Cl. The number of thiazole rings is 1. The first-order chi connectivity index (χ1) is 13.4. The van der Waals surface area contributed by atoms with Crippen LogP contribution in [0.15, 0.2) is 52.1 Å². The van der Waals surface area contributed by atoms with Crippen molar-refractivity contribution in [2.24, 2.45) is 0 Å². The standard InChI is InChI=1S/C19H10Cl2FN3O2S/c20-12-5-2-1-4-10(12)8-15-17(26)23-19-25(24-15)18(27)16(28-19)9-11-13(21)6-3-7-14(11)22/h1-7,9H,8H2/b16-9-. The molecule has 28 heavy (non-hydrogen) atoms. The van der Waals surface area contributed by atoms with Crippen LogP contribution in [-0.2, 0) is 6.42 Å². The normalized spacial score (nSPS) is 12.0. The lowest BCUT2D eigenvalue weighted by atomic mass is 10.1. The zero-order valence-corrected chi connectivity index (χ0v) is 16.4. The third kappa shape index (κ3) is 3.44. The smallest absolute Gasteiger partial charge is 0.266 e. The van der Waals surface area contributed by atoms with E-state index in [4.69, 9.17) is 23.2 Å². The molecule has 0 aliphatic heterocycles. The third-order valence-corrected chi connectivity index (χ3v) is 5.70. The molecule has 0 N–H and O–H groups in total. The van der Waals surface area contributed by atoms with E-state index in [1.165, 1.54) is 24.3 Å². The lowest BCUT2D eigenvalue weighted by molar-refractivity contribution is 0.625. The summed E-state index contributed by atoms with van der Waals surface area (Å²) in [4.78, 5) is 29.1. The van der Waals surface area contributed by atoms with Crippen LogP contribution in [0.5, 0.6) is 0 Å². The highest BCUT2D eigenvalue weighted by Crippen LogP contribution is 2.19. The number of aromatic nitrogens is 3. The molecule has 0 saturated heterocycles. The van der Waals surface area contributed by atoms with Crippen molar-refractivity contribution in [1.82, 2.24) is 14.6 Å². The van der Waals surface area contributed by atoms with Crippen molar-refractivity contribution in [3.63, 3.8) is 0 Å². The van der Waals surface area contributed by atoms with Crippen molar-refractivity contribution in [2.45, 2.75) is 6.42 Å². The van der Waals surface area contributed by atoms with Gasteiger partial charge in [0.25, 0.3) is 11.1 Å². The van der Waals surface area contributed by atoms with E-state index < -0.39 is 16.9 Å². The van der Waals surface area contributed by atoms with Crippen LogP contribution in [0.2, 0.25) is 10.0 Å². The van der Waals surface area contributed by atoms with E-state index in [0.29, 0.717) is 10.6 Å². The second kappa shape index (κ2) is 7.43. The molecule has 5 nitrogen and oxygen atoms in total. The molecule has 0 spiro atoms. The van der Waals surface area contributed by atoms with Gasteiger partial charge < -0.3 is 0 Å². The molecule has 2 aromatic heterocycles. The van der Waals surface area contributed by atoms with E-state index in [0.717, 1.165) is 15.9 Å². The van der Waals surface area contributed by atoms with Crippen LogP contribution in [0.1, 0.15) is 16.8 Å². The first-order valence-corrected chi connectivity index (χ1v) is 9.63. The van der Waals surface area contributed by atoms with Gasteiger partial charge in [-0.25, -0.2) is 4.39 Å². The van der Waals surface area contributed by atoms with Gasteiger partial charge in [-0.05, 0) is 29.8 Å². The van der Waals surface area contributed by atoms with Gasteiger partial charge in [-0.15, -0.1) is 0 Å². The fraction of sp³-hybridized carbons (Fsp3) is 0.0526. The Kier molecular flexibility index (Phi) is 4.97. The summed E-state index contributed by atoms with van der Waals surface area (Å²) in [6, 6.07) is 11.3. The first kappa shape index (κ1) is 18.7. The summed E-state index contributed by atoms with van der Waals surface area (Å²) in [5, 5.41) is 4.82. The number of hydrogen-bond acceptors (Lipinski definition) is 5. The Morgan fingerprint density at radius 1 is 1.07 bits per heavy atom. The van der Waals surface area contributed by atoms with E-state index in [2.05, 4.69) is 10.1 Å². The molecule has 0 aliphatic rings. The quantitative estimate of drug-likeness (QED) is 0.497. The van der Waals surface area contributed by atoms with Gasteiger partial charge in [-0.1, -0.05) is 58.8 Å². The van der Waals surface area contributed by atoms with Crippen LogP contribution in [-0.4, -0.2) is 14.6 Å². The monoisotopic (exact) mass is 433 g/mol. The van der Waals surface area contributed by atoms with Crippen molar-refractivity contribution >= 4 is 45.6 Å². The third-order valence-electron chi connectivity index (χ3n) is 4.04. The lowest BCUT2D eigenvalue weighted by Crippen LogP contribution is -2.28. The van der Waals surface area contributed by atoms with Crippen LogP contribution in [0.3, 0.4) is 0 Å². The highest BCUT2D eigenvalue weighted by molar-refractivity contribution is 7.15. The molecule has 0 unspecified atom stereocenters. The van der Waals surface area contributed by atoms with Gasteiger partial charge in [0.15, 0.2) is 0 Å². The summed E-state index contributed by atoms with van der Waals surface area (Å²) in [7, 11) is 0. The highest BCUT2D eigenvalue weighted by atomic mass is 35.5. The van der Waals surface area contributed by atoms with E-state index in [-0.39, 0.29) is 32.2 Å². The predicted molar refractivity (Wildman–Crippen MR) is 108 cm³/mol. The van der Waals surface area contributed by atoms with E-state index in [1.807, 2.05) is 0 Å². The Hall–Kier alpha value is -2.61. The maximum atomic E-state index is 14.0. The molecule has 0 aliphatic carbocycles. The number of hydrogen-bond donors (Lipinski definition) is 0. The van der Waals surface area contributed by atoms with Crippen LogP contribution >= 0.6 is 34.5 Å². The topological polar surface area (TPSA) is 64.3 Å². The molecule has 2 heterocycles. The largest absolute Gasteiger partial charge is 0.296 e. The van der Waals surface area contributed by atoms with Gasteiger partial charge in [0.05, 0.1) is 9.55 Å². The zero-order valence-electron chi connectivity index (χ0n) is 14.0. The molecule has 0 bridgehead atoms. The molecule has 140 valence electrons. The molecule has 0 atom stereocenters. The van der Waals surface area contributed by atoms with Crippen molar-refractivity contribution < 1.29 is 4.39 Å². The van der Waals surface area contributed by atoms with Crippen molar-refractivity contribution in [1.29, 1.82) is 0 Å². The minimum absolute atomic E-state index is 0.0899. The average Bonchev–Trinajstić information content (AvgIpc) is 2.95. The lowest BCUT2D eigenvalue weighted by Gasteiger charge is -2.02. The van der Waals surface area contributed by atoms with Crippen molar-refractivity contribution in [2.75, 3.05) is 0 Å². The second-order valence-corrected chi connectivity index (χ2v) is 7.70. The summed E-state index contributed by atoms with van der Waals surface area (Å²) in [5.74, 6) is -0.556. The Labute approximate surface area is 171 Å². The molecule has 0 fully saturated rings. The van der Waals surface area contributed by atoms with Crippen molar-refractivity contribution in [3.8, 4) is 0 Å². The van der Waals surface area contributed by atoms with E-state index >= 15 is 0 Å². The minimum atomic E-state index is -0.556. The highest BCUT2D eigenvalue weighted by Gasteiger charge is 2.13. The molecule has 9 heteroatoms. The predicted octanol–water partition coefficient (Wildman–Crippen LogP) is 3.10. The molecule has 0 saturated carbocycles. The summed E-state index contributed by atoms with van der Waals surface area (Å²) in [5.41, 5.74) is -0.171. The molecule has 4 rings (SSSR count). The van der Waals surface area contributed by atoms with E-state index in [1.54, 1.807) is 24.3 Å². The molecular formula is C19H10Cl2FN3O2S. The molecular weight excluding hydrogens is 424 g/mol. The Morgan fingerprint density at radius 3 is 2.57 bits per heavy atom. The van der Waals surface area contributed by atoms with Crippen LogP contribution in [0.25, 0.3) is 11.0 Å². The molecule has 4 aromatic rings. The van der Waals surface area contributed by atoms with Gasteiger partial charge in [0.1, 0.15) is 11.5 Å². The van der Waals surface area contributed by atoms with Crippen LogP contribution in [0.4, 0.5) is 4.39 Å². The first-order valence-electron chi connectivity index (χ1n) is 8.06. The van der Waals surface area contributed by atoms with Gasteiger partial charge in [-0.3, -0.25) is 9.59 Å².